The highest BCUT2D eigenvalue weighted by Crippen LogP contribution is 2.26. The largest absolute Gasteiger partial charge is 0.316 e. The number of halogens is 1. The van der Waals surface area contributed by atoms with Crippen molar-refractivity contribution in [3.8, 4) is 0 Å². The monoisotopic (exact) mass is 233 g/mol. The van der Waals surface area contributed by atoms with Crippen LogP contribution in [0.2, 0.25) is 0 Å². The molecule has 0 saturated heterocycles. The Bertz CT molecular complexity index is 131. The summed E-state index contributed by atoms with van der Waals surface area (Å²) < 4.78 is 0. The van der Waals surface area contributed by atoms with E-state index >= 15 is 0 Å². The van der Waals surface area contributed by atoms with Gasteiger partial charge in [0, 0.05) is 12.4 Å². The van der Waals surface area contributed by atoms with E-state index in [1.165, 1.54) is 25.7 Å². The molecule has 0 aromatic heterocycles. The highest BCUT2D eigenvalue weighted by Gasteiger charge is 2.24. The normalized spacial score (nSPS) is 12.4. The summed E-state index contributed by atoms with van der Waals surface area (Å²) in [5.41, 5.74) is 0.313. The van der Waals surface area contributed by atoms with Crippen molar-refractivity contribution < 1.29 is 0 Å². The SMILES string of the molecule is CCC(CC)CNCC(CC)(CC)CCl. The Morgan fingerprint density at radius 2 is 1.60 bits per heavy atom. The van der Waals surface area contributed by atoms with Crippen molar-refractivity contribution in [2.75, 3.05) is 19.0 Å². The summed E-state index contributed by atoms with van der Waals surface area (Å²) >= 11 is 6.07. The molecular formula is C13H28ClN. The number of hydrogen-bond donors (Lipinski definition) is 1. The Kier molecular flexibility index (Phi) is 8.55. The zero-order chi connectivity index (χ0) is 11.7. The third kappa shape index (κ3) is 5.21. The summed E-state index contributed by atoms with van der Waals surface area (Å²) in [4.78, 5) is 0. The first kappa shape index (κ1) is 15.2. The fourth-order valence-corrected chi connectivity index (χ4v) is 2.33. The quantitative estimate of drug-likeness (QED) is 0.593. The minimum absolute atomic E-state index is 0.313. The number of alkyl halides is 1. The van der Waals surface area contributed by atoms with Crippen molar-refractivity contribution in [2.45, 2.75) is 53.4 Å². The Hall–Kier alpha value is 0.250. The van der Waals surface area contributed by atoms with Gasteiger partial charge in [-0.05, 0) is 30.7 Å². The molecule has 0 aliphatic carbocycles. The summed E-state index contributed by atoms with van der Waals surface area (Å²) in [5.74, 6) is 1.60. The predicted molar refractivity (Wildman–Crippen MR) is 70.7 cm³/mol. The average Bonchev–Trinajstić information content (AvgIpc) is 2.31. The maximum atomic E-state index is 6.07. The molecule has 0 atom stereocenters. The molecule has 0 saturated carbocycles. The third-order valence-electron chi connectivity index (χ3n) is 3.87. The first-order valence-corrected chi connectivity index (χ1v) is 6.98. The van der Waals surface area contributed by atoms with Gasteiger partial charge < -0.3 is 5.32 Å². The van der Waals surface area contributed by atoms with E-state index in [9.17, 15) is 0 Å². The van der Waals surface area contributed by atoms with E-state index in [1.807, 2.05) is 0 Å². The van der Waals surface area contributed by atoms with Crippen LogP contribution in [-0.4, -0.2) is 19.0 Å². The summed E-state index contributed by atoms with van der Waals surface area (Å²) in [6.07, 6.45) is 4.89. The van der Waals surface area contributed by atoms with Gasteiger partial charge in [-0.15, -0.1) is 11.6 Å². The molecule has 1 nitrogen and oxygen atoms in total. The van der Waals surface area contributed by atoms with E-state index in [0.29, 0.717) is 5.41 Å². The fourth-order valence-electron chi connectivity index (χ4n) is 1.86. The highest BCUT2D eigenvalue weighted by molar-refractivity contribution is 6.18. The summed E-state index contributed by atoms with van der Waals surface area (Å²) in [5, 5.41) is 3.60. The molecule has 0 radical (unpaired) electrons. The zero-order valence-corrected chi connectivity index (χ0v) is 11.7. The maximum absolute atomic E-state index is 6.07. The lowest BCUT2D eigenvalue weighted by Crippen LogP contribution is -2.37. The van der Waals surface area contributed by atoms with Crippen LogP contribution in [0.4, 0.5) is 0 Å². The van der Waals surface area contributed by atoms with Gasteiger partial charge in [0.25, 0.3) is 0 Å². The van der Waals surface area contributed by atoms with Gasteiger partial charge >= 0.3 is 0 Å². The molecule has 2 heteroatoms. The van der Waals surface area contributed by atoms with Crippen LogP contribution in [0.25, 0.3) is 0 Å². The Labute approximate surface area is 101 Å². The van der Waals surface area contributed by atoms with Crippen molar-refractivity contribution in [3.05, 3.63) is 0 Å². The van der Waals surface area contributed by atoms with Gasteiger partial charge in [0.2, 0.25) is 0 Å². The van der Waals surface area contributed by atoms with E-state index in [0.717, 1.165) is 24.9 Å². The van der Waals surface area contributed by atoms with Crippen molar-refractivity contribution in [1.82, 2.24) is 5.32 Å². The molecule has 0 aromatic carbocycles. The van der Waals surface area contributed by atoms with Crippen molar-refractivity contribution in [2.24, 2.45) is 11.3 Å². The summed E-state index contributed by atoms with van der Waals surface area (Å²) in [6.45, 7) is 11.2. The lowest BCUT2D eigenvalue weighted by molar-refractivity contribution is 0.276. The van der Waals surface area contributed by atoms with Crippen molar-refractivity contribution in [1.29, 1.82) is 0 Å². The van der Waals surface area contributed by atoms with Crippen molar-refractivity contribution >= 4 is 11.6 Å². The molecule has 0 spiro atoms. The van der Waals surface area contributed by atoms with Crippen LogP contribution in [0.15, 0.2) is 0 Å². The minimum Gasteiger partial charge on any atom is -0.316 e. The Morgan fingerprint density at radius 1 is 1.07 bits per heavy atom. The highest BCUT2D eigenvalue weighted by atomic mass is 35.5. The molecule has 0 heterocycles. The predicted octanol–water partition coefficient (Wildman–Crippen LogP) is 4.06. The van der Waals surface area contributed by atoms with Gasteiger partial charge in [0.1, 0.15) is 0 Å². The molecule has 0 fully saturated rings. The molecule has 15 heavy (non-hydrogen) atoms. The van der Waals surface area contributed by atoms with Gasteiger partial charge in [0.05, 0.1) is 0 Å². The second kappa shape index (κ2) is 8.41. The molecule has 92 valence electrons. The van der Waals surface area contributed by atoms with E-state index < -0.39 is 0 Å². The Balaban J connectivity index is 3.89. The van der Waals surface area contributed by atoms with E-state index in [-0.39, 0.29) is 0 Å². The molecule has 0 bridgehead atoms. The second-order valence-corrected chi connectivity index (χ2v) is 4.92. The molecule has 0 rings (SSSR count). The lowest BCUT2D eigenvalue weighted by atomic mass is 9.84. The van der Waals surface area contributed by atoms with Gasteiger partial charge in [-0.2, -0.15) is 0 Å². The van der Waals surface area contributed by atoms with Gasteiger partial charge in [-0.3, -0.25) is 0 Å². The van der Waals surface area contributed by atoms with Crippen LogP contribution < -0.4 is 5.32 Å². The molecule has 0 unspecified atom stereocenters. The molecule has 0 aliphatic rings. The van der Waals surface area contributed by atoms with Gasteiger partial charge in [-0.1, -0.05) is 40.5 Å². The number of nitrogens with one attached hydrogen (secondary N) is 1. The van der Waals surface area contributed by atoms with Crippen LogP contribution >= 0.6 is 11.6 Å². The minimum atomic E-state index is 0.313. The maximum Gasteiger partial charge on any atom is 0.0291 e. The van der Waals surface area contributed by atoms with Crippen LogP contribution in [0.5, 0.6) is 0 Å². The van der Waals surface area contributed by atoms with Gasteiger partial charge in [-0.25, -0.2) is 0 Å². The molecular weight excluding hydrogens is 206 g/mol. The number of hydrogen-bond acceptors (Lipinski definition) is 1. The second-order valence-electron chi connectivity index (χ2n) is 4.65. The summed E-state index contributed by atoms with van der Waals surface area (Å²) in [7, 11) is 0. The number of rotatable bonds is 9. The average molecular weight is 234 g/mol. The molecule has 1 N–H and O–H groups in total. The lowest BCUT2D eigenvalue weighted by Gasteiger charge is -2.30. The molecule has 0 aromatic rings. The topological polar surface area (TPSA) is 12.0 Å². The first-order chi connectivity index (χ1) is 7.17. The smallest absolute Gasteiger partial charge is 0.0291 e. The van der Waals surface area contributed by atoms with Crippen LogP contribution in [0.3, 0.4) is 0 Å². The van der Waals surface area contributed by atoms with E-state index in [2.05, 4.69) is 33.0 Å². The van der Waals surface area contributed by atoms with Gasteiger partial charge in [0.15, 0.2) is 0 Å². The first-order valence-electron chi connectivity index (χ1n) is 6.44. The van der Waals surface area contributed by atoms with E-state index in [1.54, 1.807) is 0 Å². The molecule has 0 aliphatic heterocycles. The van der Waals surface area contributed by atoms with Crippen LogP contribution in [-0.2, 0) is 0 Å². The van der Waals surface area contributed by atoms with E-state index in [4.69, 9.17) is 11.6 Å². The zero-order valence-electron chi connectivity index (χ0n) is 10.9. The molecule has 0 amide bonds. The van der Waals surface area contributed by atoms with Crippen LogP contribution in [0.1, 0.15) is 53.4 Å². The third-order valence-corrected chi connectivity index (χ3v) is 4.44. The fraction of sp³-hybridized carbons (Fsp3) is 1.00. The standard InChI is InChI=1S/C13H28ClN/c1-5-12(6-2)9-15-11-13(7-3,8-4)10-14/h12,15H,5-11H2,1-4H3. The summed E-state index contributed by atoms with van der Waals surface area (Å²) in [6, 6.07) is 0. The van der Waals surface area contributed by atoms with Crippen molar-refractivity contribution in [3.63, 3.8) is 0 Å². The Morgan fingerprint density at radius 3 is 1.93 bits per heavy atom. The van der Waals surface area contributed by atoms with Crippen LogP contribution in [0, 0.1) is 11.3 Å².